The zero-order chi connectivity index (χ0) is 17.9. The van der Waals surface area contributed by atoms with Crippen LogP contribution in [0.4, 0.5) is 11.4 Å². The van der Waals surface area contributed by atoms with Crippen molar-refractivity contribution in [3.05, 3.63) is 28.3 Å². The van der Waals surface area contributed by atoms with Crippen molar-refractivity contribution in [3.8, 4) is 0 Å². The molecule has 0 unspecified atom stereocenters. The lowest BCUT2D eigenvalue weighted by Gasteiger charge is -2.33. The maximum Gasteiger partial charge on any atom is 0.293 e. The molecule has 0 radical (unpaired) electrons. The van der Waals surface area contributed by atoms with Crippen LogP contribution in [0.25, 0.3) is 0 Å². The molecule has 1 aliphatic heterocycles. The van der Waals surface area contributed by atoms with Crippen molar-refractivity contribution in [2.75, 3.05) is 24.6 Å². The van der Waals surface area contributed by atoms with Gasteiger partial charge in [0.05, 0.1) is 9.82 Å². The molecule has 9 heteroatoms. The van der Waals surface area contributed by atoms with Crippen molar-refractivity contribution >= 4 is 21.4 Å². The zero-order valence-electron chi connectivity index (χ0n) is 13.8. The highest BCUT2D eigenvalue weighted by molar-refractivity contribution is 7.89. The Labute approximate surface area is 141 Å². The van der Waals surface area contributed by atoms with E-state index in [0.29, 0.717) is 18.8 Å². The number of nitrogens with zero attached hydrogens (tertiary/aromatic N) is 2. The van der Waals surface area contributed by atoms with Crippen LogP contribution in [0, 0.1) is 16.0 Å². The molecule has 2 N–H and O–H groups in total. The van der Waals surface area contributed by atoms with Crippen molar-refractivity contribution in [2.45, 2.75) is 37.6 Å². The number of hydrogen-bond acceptors (Lipinski definition) is 6. The largest absolute Gasteiger partial charge is 0.396 e. The lowest BCUT2D eigenvalue weighted by molar-refractivity contribution is -0.384. The predicted molar refractivity (Wildman–Crippen MR) is 90.6 cm³/mol. The topological polar surface area (TPSA) is 113 Å². The third kappa shape index (κ3) is 4.22. The van der Waals surface area contributed by atoms with E-state index in [-0.39, 0.29) is 29.1 Å². The molecule has 0 aromatic heterocycles. The molecule has 0 spiro atoms. The van der Waals surface area contributed by atoms with Gasteiger partial charge in [0.2, 0.25) is 10.0 Å². The van der Waals surface area contributed by atoms with Crippen LogP contribution in [0.5, 0.6) is 0 Å². The summed E-state index contributed by atoms with van der Waals surface area (Å²) >= 11 is 0. The Morgan fingerprint density at radius 3 is 2.75 bits per heavy atom. The minimum Gasteiger partial charge on any atom is -0.396 e. The summed E-state index contributed by atoms with van der Waals surface area (Å²) < 4.78 is 26.9. The molecule has 1 atom stereocenters. The van der Waals surface area contributed by atoms with Gasteiger partial charge in [0, 0.05) is 31.8 Å². The van der Waals surface area contributed by atoms with Crippen molar-refractivity contribution in [1.29, 1.82) is 0 Å². The minimum atomic E-state index is -3.79. The van der Waals surface area contributed by atoms with Gasteiger partial charge in [-0.2, -0.15) is 0 Å². The van der Waals surface area contributed by atoms with E-state index in [9.17, 15) is 23.6 Å². The van der Waals surface area contributed by atoms with E-state index in [0.717, 1.165) is 18.9 Å². The Bertz CT molecular complexity index is 705. The number of aliphatic hydroxyl groups excluding tert-OH is 1. The van der Waals surface area contributed by atoms with Gasteiger partial charge in [-0.3, -0.25) is 10.1 Å². The second-order valence-electron chi connectivity index (χ2n) is 6.32. The second kappa shape index (κ2) is 7.45. The third-order valence-corrected chi connectivity index (χ3v) is 5.62. The standard InChI is InChI=1S/C15H23N3O5S/c1-11(2)16-24(22,23)13-5-6-14(15(8-13)18(20)21)17-7-3-4-12(9-17)10-19/h5-6,8,11-12,16,19H,3-4,7,9-10H2,1-2H3/t12-/m1/s1. The van der Waals surface area contributed by atoms with Gasteiger partial charge in [0.1, 0.15) is 5.69 Å². The first-order valence-electron chi connectivity index (χ1n) is 7.91. The summed E-state index contributed by atoms with van der Waals surface area (Å²) in [5.41, 5.74) is 0.155. The number of benzene rings is 1. The van der Waals surface area contributed by atoms with E-state index in [1.165, 1.54) is 12.1 Å². The zero-order valence-corrected chi connectivity index (χ0v) is 14.6. The minimum absolute atomic E-state index is 0.0368. The number of rotatable bonds is 6. The number of nitrogens with one attached hydrogen (secondary N) is 1. The van der Waals surface area contributed by atoms with Crippen LogP contribution in [0.15, 0.2) is 23.1 Å². The molecule has 1 aliphatic rings. The molecule has 0 aliphatic carbocycles. The second-order valence-corrected chi connectivity index (χ2v) is 8.03. The van der Waals surface area contributed by atoms with Gasteiger partial charge < -0.3 is 10.0 Å². The van der Waals surface area contributed by atoms with Crippen molar-refractivity contribution in [3.63, 3.8) is 0 Å². The van der Waals surface area contributed by atoms with Crippen LogP contribution < -0.4 is 9.62 Å². The number of nitro benzene ring substituents is 1. The maximum atomic E-state index is 12.2. The van der Waals surface area contributed by atoms with Gasteiger partial charge in [-0.25, -0.2) is 13.1 Å². The van der Waals surface area contributed by atoms with Gasteiger partial charge in [-0.15, -0.1) is 0 Å². The molecule has 1 saturated heterocycles. The van der Waals surface area contributed by atoms with Crippen molar-refractivity contribution in [2.24, 2.45) is 5.92 Å². The molecule has 24 heavy (non-hydrogen) atoms. The quantitative estimate of drug-likeness (QED) is 0.589. The fourth-order valence-electron chi connectivity index (χ4n) is 2.90. The van der Waals surface area contributed by atoms with Gasteiger partial charge in [-0.1, -0.05) is 0 Å². The Balaban J connectivity index is 2.39. The molecule has 0 bridgehead atoms. The molecule has 0 amide bonds. The Hall–Kier alpha value is -1.71. The fraction of sp³-hybridized carbons (Fsp3) is 0.600. The summed E-state index contributed by atoms with van der Waals surface area (Å²) in [5.74, 6) is 0.0735. The van der Waals surface area contributed by atoms with E-state index in [1.807, 2.05) is 4.90 Å². The Morgan fingerprint density at radius 1 is 1.46 bits per heavy atom. The summed E-state index contributed by atoms with van der Waals surface area (Å²) in [4.78, 5) is 12.6. The molecular formula is C15H23N3O5S. The molecule has 2 rings (SSSR count). The number of hydrogen-bond donors (Lipinski definition) is 2. The third-order valence-electron chi connectivity index (χ3n) is 3.96. The van der Waals surface area contributed by atoms with Crippen LogP contribution in [0.1, 0.15) is 26.7 Å². The number of piperidine rings is 1. The molecule has 1 heterocycles. The number of nitro groups is 1. The van der Waals surface area contributed by atoms with Crippen LogP contribution in [-0.4, -0.2) is 44.2 Å². The summed E-state index contributed by atoms with van der Waals surface area (Å²) in [5, 5.41) is 20.8. The van der Waals surface area contributed by atoms with E-state index >= 15 is 0 Å². The van der Waals surface area contributed by atoms with Crippen LogP contribution in [0.3, 0.4) is 0 Å². The number of anilines is 1. The van der Waals surface area contributed by atoms with E-state index in [1.54, 1.807) is 13.8 Å². The van der Waals surface area contributed by atoms with Gasteiger partial charge in [0.15, 0.2) is 0 Å². The highest BCUT2D eigenvalue weighted by Gasteiger charge is 2.27. The molecule has 1 aromatic rings. The van der Waals surface area contributed by atoms with E-state index in [2.05, 4.69) is 4.72 Å². The van der Waals surface area contributed by atoms with Crippen LogP contribution in [-0.2, 0) is 10.0 Å². The lowest BCUT2D eigenvalue weighted by atomic mass is 9.98. The Kier molecular flexibility index (Phi) is 5.79. The summed E-state index contributed by atoms with van der Waals surface area (Å²) in [7, 11) is -3.79. The van der Waals surface area contributed by atoms with Crippen LogP contribution in [0.2, 0.25) is 0 Å². The maximum absolute atomic E-state index is 12.2. The van der Waals surface area contributed by atoms with Crippen LogP contribution >= 0.6 is 0 Å². The first-order valence-corrected chi connectivity index (χ1v) is 9.39. The molecular weight excluding hydrogens is 334 g/mol. The predicted octanol–water partition coefficient (Wildman–Crippen LogP) is 1.49. The molecule has 1 aromatic carbocycles. The van der Waals surface area contributed by atoms with E-state index < -0.39 is 14.9 Å². The van der Waals surface area contributed by atoms with E-state index in [4.69, 9.17) is 0 Å². The first kappa shape index (κ1) is 18.6. The SMILES string of the molecule is CC(C)NS(=O)(=O)c1ccc(N2CCC[C@@H](CO)C2)c([N+](=O)[O-])c1. The Morgan fingerprint density at radius 2 is 2.17 bits per heavy atom. The van der Waals surface area contributed by atoms with Gasteiger partial charge in [0.25, 0.3) is 5.69 Å². The highest BCUT2D eigenvalue weighted by Crippen LogP contribution is 2.33. The van der Waals surface area contributed by atoms with Gasteiger partial charge >= 0.3 is 0 Å². The fourth-order valence-corrected chi connectivity index (χ4v) is 4.17. The highest BCUT2D eigenvalue weighted by atomic mass is 32.2. The summed E-state index contributed by atoms with van der Waals surface area (Å²) in [6.07, 6.45) is 1.71. The molecule has 134 valence electrons. The average Bonchev–Trinajstić information content (AvgIpc) is 2.53. The smallest absolute Gasteiger partial charge is 0.293 e. The summed E-state index contributed by atoms with van der Waals surface area (Å²) in [6, 6.07) is 3.66. The summed E-state index contributed by atoms with van der Waals surface area (Å²) in [6.45, 7) is 4.57. The van der Waals surface area contributed by atoms with Crippen molar-refractivity contribution < 1.29 is 18.4 Å². The monoisotopic (exact) mass is 357 g/mol. The lowest BCUT2D eigenvalue weighted by Crippen LogP contribution is -2.37. The molecule has 8 nitrogen and oxygen atoms in total. The molecule has 0 saturated carbocycles. The number of sulfonamides is 1. The van der Waals surface area contributed by atoms with Gasteiger partial charge in [-0.05, 0) is 44.7 Å². The van der Waals surface area contributed by atoms with Crippen molar-refractivity contribution in [1.82, 2.24) is 4.72 Å². The molecule has 1 fully saturated rings. The number of aliphatic hydroxyl groups is 1. The first-order chi connectivity index (χ1) is 11.2. The average molecular weight is 357 g/mol. The normalized spacial score (nSPS) is 18.8.